The number of fused-ring (bicyclic) bond motifs is 4. The van der Waals surface area contributed by atoms with Gasteiger partial charge in [-0.3, -0.25) is 0 Å². The Hall–Kier alpha value is -7.94. The van der Waals surface area contributed by atoms with Crippen LogP contribution in [0.5, 0.6) is 0 Å². The Morgan fingerprint density at radius 3 is 1.55 bits per heavy atom. The van der Waals surface area contributed by atoms with E-state index in [-0.39, 0.29) is 0 Å². The quantitative estimate of drug-likeness (QED) is 0.150. The van der Waals surface area contributed by atoms with Gasteiger partial charge in [0.15, 0.2) is 0 Å². The summed E-state index contributed by atoms with van der Waals surface area (Å²) in [5.74, 6) is 0. The second-order valence-electron chi connectivity index (χ2n) is 15.3. The maximum atomic E-state index is 2.39. The minimum Gasteiger partial charge on any atom is -0.310 e. The summed E-state index contributed by atoms with van der Waals surface area (Å²) in [6, 6.07) is 87.8. The molecule has 0 unspecified atom stereocenters. The van der Waals surface area contributed by atoms with Gasteiger partial charge in [0.2, 0.25) is 0 Å². The third-order valence-electron chi connectivity index (χ3n) is 11.8. The zero-order chi connectivity index (χ0) is 39.8. The van der Waals surface area contributed by atoms with Crippen molar-refractivity contribution in [3.63, 3.8) is 0 Å². The van der Waals surface area contributed by atoms with Crippen molar-refractivity contribution in [1.29, 1.82) is 0 Å². The summed E-state index contributed by atoms with van der Waals surface area (Å²) in [5.41, 5.74) is 16.4. The lowest BCUT2D eigenvalue weighted by atomic mass is 9.90. The zero-order valence-corrected chi connectivity index (χ0v) is 33.0. The molecular weight excluding hydrogens is 725 g/mol. The molecule has 0 atom stereocenters. The van der Waals surface area contributed by atoms with Crippen LogP contribution >= 0.6 is 0 Å². The van der Waals surface area contributed by atoms with Crippen molar-refractivity contribution < 1.29 is 0 Å². The third-order valence-corrected chi connectivity index (χ3v) is 11.8. The van der Waals surface area contributed by atoms with Crippen LogP contribution in [0.4, 0.5) is 17.1 Å². The van der Waals surface area contributed by atoms with Gasteiger partial charge < -0.3 is 9.47 Å². The summed E-state index contributed by atoms with van der Waals surface area (Å²) in [7, 11) is 0. The highest BCUT2D eigenvalue weighted by molar-refractivity contribution is 6.17. The fourth-order valence-electron chi connectivity index (χ4n) is 8.98. The first-order valence-corrected chi connectivity index (χ1v) is 20.6. The topological polar surface area (TPSA) is 8.17 Å². The predicted molar refractivity (Wildman–Crippen MR) is 255 cm³/mol. The molecule has 0 bridgehead atoms. The molecule has 0 aliphatic rings. The highest BCUT2D eigenvalue weighted by atomic mass is 15.1. The summed E-state index contributed by atoms with van der Waals surface area (Å²) in [5, 5.41) is 5.01. The number of nitrogens with zero attached hydrogens (tertiary/aromatic N) is 2. The van der Waals surface area contributed by atoms with Crippen LogP contribution < -0.4 is 4.90 Å². The van der Waals surface area contributed by atoms with Crippen molar-refractivity contribution in [3.05, 3.63) is 243 Å². The molecule has 0 amide bonds. The number of anilines is 3. The molecule has 10 aromatic carbocycles. The molecule has 11 aromatic rings. The molecule has 0 aliphatic carbocycles. The average molecular weight is 765 g/mol. The van der Waals surface area contributed by atoms with Crippen molar-refractivity contribution in [2.75, 3.05) is 4.90 Å². The Kier molecular flexibility index (Phi) is 8.87. The Morgan fingerprint density at radius 1 is 0.300 bits per heavy atom. The molecule has 0 saturated carbocycles. The Morgan fingerprint density at radius 2 is 0.800 bits per heavy atom. The summed E-state index contributed by atoms with van der Waals surface area (Å²) in [4.78, 5) is 2.39. The minimum atomic E-state index is 1.09. The minimum absolute atomic E-state index is 1.09. The van der Waals surface area contributed by atoms with Gasteiger partial charge in [0.1, 0.15) is 0 Å². The third kappa shape index (κ3) is 6.23. The molecule has 0 spiro atoms. The normalized spacial score (nSPS) is 11.3. The van der Waals surface area contributed by atoms with E-state index in [0.717, 1.165) is 28.3 Å². The van der Waals surface area contributed by atoms with E-state index in [1.165, 1.54) is 71.5 Å². The number of aromatic nitrogens is 1. The van der Waals surface area contributed by atoms with E-state index in [4.69, 9.17) is 0 Å². The number of benzene rings is 10. The molecule has 282 valence electrons. The van der Waals surface area contributed by atoms with Crippen LogP contribution in [0.25, 0.3) is 82.8 Å². The summed E-state index contributed by atoms with van der Waals surface area (Å²) < 4.78 is 2.39. The first-order valence-electron chi connectivity index (χ1n) is 20.6. The zero-order valence-electron chi connectivity index (χ0n) is 33.0. The van der Waals surface area contributed by atoms with Crippen molar-refractivity contribution in [1.82, 2.24) is 4.57 Å². The molecule has 0 saturated heterocycles. The molecule has 11 rings (SSSR count). The number of hydrogen-bond donors (Lipinski definition) is 0. The SMILES string of the molecule is c1ccc(N(c2ccc(-c3ccc(-c4ccc5ccccc5c4)cc3)cc2)c2ccccc2-c2ccccc2-c2cccc3c2c2ccccc2n3-c2ccccc2)cc1. The van der Waals surface area contributed by atoms with Crippen LogP contribution in [-0.2, 0) is 0 Å². The van der Waals surface area contributed by atoms with Crippen molar-refractivity contribution in [2.45, 2.75) is 0 Å². The molecule has 60 heavy (non-hydrogen) atoms. The lowest BCUT2D eigenvalue weighted by Crippen LogP contribution is -2.11. The van der Waals surface area contributed by atoms with Crippen molar-refractivity contribution >= 4 is 49.6 Å². The highest BCUT2D eigenvalue weighted by Gasteiger charge is 2.21. The molecule has 0 radical (unpaired) electrons. The van der Waals surface area contributed by atoms with Gasteiger partial charge in [-0.15, -0.1) is 0 Å². The molecule has 0 aliphatic heterocycles. The number of para-hydroxylation sites is 4. The molecule has 0 fully saturated rings. The van der Waals surface area contributed by atoms with Crippen LogP contribution in [0.15, 0.2) is 243 Å². The van der Waals surface area contributed by atoms with Crippen LogP contribution in [0, 0.1) is 0 Å². The van der Waals surface area contributed by atoms with Crippen molar-refractivity contribution in [3.8, 4) is 50.2 Å². The largest absolute Gasteiger partial charge is 0.310 e. The first-order chi connectivity index (χ1) is 29.8. The second kappa shape index (κ2) is 15.1. The van der Waals surface area contributed by atoms with E-state index < -0.39 is 0 Å². The number of rotatable bonds is 8. The predicted octanol–water partition coefficient (Wildman–Crippen LogP) is 16.1. The smallest absolute Gasteiger partial charge is 0.0547 e. The Labute approximate surface area is 350 Å². The summed E-state index contributed by atoms with van der Waals surface area (Å²) >= 11 is 0. The van der Waals surface area contributed by atoms with E-state index >= 15 is 0 Å². The van der Waals surface area contributed by atoms with Gasteiger partial charge in [0.05, 0.1) is 16.7 Å². The maximum absolute atomic E-state index is 2.39. The monoisotopic (exact) mass is 764 g/mol. The molecule has 2 heteroatoms. The van der Waals surface area contributed by atoms with E-state index in [1.54, 1.807) is 0 Å². The van der Waals surface area contributed by atoms with Gasteiger partial charge in [-0.1, -0.05) is 182 Å². The Balaban J connectivity index is 1.00. The van der Waals surface area contributed by atoms with E-state index in [0.29, 0.717) is 0 Å². The molecule has 1 heterocycles. The first kappa shape index (κ1) is 35.2. The summed E-state index contributed by atoms with van der Waals surface area (Å²) in [6.45, 7) is 0. The van der Waals surface area contributed by atoms with Crippen LogP contribution in [0.3, 0.4) is 0 Å². The summed E-state index contributed by atoms with van der Waals surface area (Å²) in [6.07, 6.45) is 0. The number of hydrogen-bond acceptors (Lipinski definition) is 1. The van der Waals surface area contributed by atoms with Gasteiger partial charge in [0.25, 0.3) is 0 Å². The molecule has 1 aromatic heterocycles. The van der Waals surface area contributed by atoms with Gasteiger partial charge >= 0.3 is 0 Å². The highest BCUT2D eigenvalue weighted by Crippen LogP contribution is 2.46. The van der Waals surface area contributed by atoms with Crippen molar-refractivity contribution in [2.24, 2.45) is 0 Å². The van der Waals surface area contributed by atoms with Crippen LogP contribution in [-0.4, -0.2) is 4.57 Å². The van der Waals surface area contributed by atoms with Gasteiger partial charge in [-0.2, -0.15) is 0 Å². The fourth-order valence-corrected chi connectivity index (χ4v) is 8.98. The van der Waals surface area contributed by atoms with Crippen LogP contribution in [0.2, 0.25) is 0 Å². The van der Waals surface area contributed by atoms with E-state index in [2.05, 4.69) is 252 Å². The fraction of sp³-hybridized carbons (Fsp3) is 0. The lowest BCUT2D eigenvalue weighted by Gasteiger charge is -2.28. The second-order valence-corrected chi connectivity index (χ2v) is 15.3. The van der Waals surface area contributed by atoms with E-state index in [1.807, 2.05) is 0 Å². The molecule has 2 nitrogen and oxygen atoms in total. The molecular formula is C58H40N2. The average Bonchev–Trinajstić information content (AvgIpc) is 3.67. The van der Waals surface area contributed by atoms with E-state index in [9.17, 15) is 0 Å². The molecule has 0 N–H and O–H groups in total. The van der Waals surface area contributed by atoms with Gasteiger partial charge in [0, 0.05) is 33.4 Å². The van der Waals surface area contributed by atoms with Gasteiger partial charge in [-0.05, 0) is 110 Å². The maximum Gasteiger partial charge on any atom is 0.0547 e. The van der Waals surface area contributed by atoms with Crippen LogP contribution in [0.1, 0.15) is 0 Å². The van der Waals surface area contributed by atoms with Gasteiger partial charge in [-0.25, -0.2) is 0 Å². The Bertz CT molecular complexity index is 3290. The lowest BCUT2D eigenvalue weighted by molar-refractivity contribution is 1.18. The standard InChI is InChI=1S/C58H40N2/c1-3-18-47(19-4-1)59(49-38-36-43(37-39-49)42-30-32-44(33-31-42)46-35-34-41-16-7-8-17-45(41)40-46)55-27-13-11-24-52(55)50-22-9-10-23-51(50)53-26-15-29-57-58(53)54-25-12-14-28-56(54)60(57)48-20-5-2-6-21-48/h1-40H.